The third-order valence-electron chi connectivity index (χ3n) is 4.96. The van der Waals surface area contributed by atoms with Gasteiger partial charge < -0.3 is 14.8 Å². The first-order chi connectivity index (χ1) is 15.8. The Hall–Kier alpha value is -3.36. The Morgan fingerprint density at radius 3 is 2.21 bits per heavy atom. The Morgan fingerprint density at radius 2 is 1.55 bits per heavy atom. The van der Waals surface area contributed by atoms with Crippen molar-refractivity contribution in [3.05, 3.63) is 83.4 Å². The highest BCUT2D eigenvalue weighted by atomic mass is 32.2. The number of para-hydroxylation sites is 2. The number of ether oxygens (including phenoxy) is 2. The van der Waals surface area contributed by atoms with Crippen LogP contribution in [0.5, 0.6) is 5.75 Å². The molecule has 0 aliphatic heterocycles. The summed E-state index contributed by atoms with van der Waals surface area (Å²) in [5.41, 5.74) is 3.09. The average molecular weight is 469 g/mol. The van der Waals surface area contributed by atoms with Crippen LogP contribution in [0.25, 0.3) is 0 Å². The van der Waals surface area contributed by atoms with E-state index in [2.05, 4.69) is 10.0 Å². The zero-order valence-corrected chi connectivity index (χ0v) is 19.7. The van der Waals surface area contributed by atoms with E-state index in [0.717, 1.165) is 11.1 Å². The van der Waals surface area contributed by atoms with Crippen molar-refractivity contribution in [2.45, 2.75) is 25.7 Å². The van der Waals surface area contributed by atoms with Gasteiger partial charge in [0.2, 0.25) is 0 Å². The highest BCUT2D eigenvalue weighted by Crippen LogP contribution is 2.25. The molecule has 0 aliphatic carbocycles. The Bertz CT molecular complexity index is 1190. The zero-order valence-electron chi connectivity index (χ0n) is 18.9. The van der Waals surface area contributed by atoms with Crippen LogP contribution in [-0.2, 0) is 14.8 Å². The first-order valence-corrected chi connectivity index (χ1v) is 12.1. The van der Waals surface area contributed by atoms with Crippen LogP contribution in [0.3, 0.4) is 0 Å². The lowest BCUT2D eigenvalue weighted by Crippen LogP contribution is -2.16. The molecule has 2 N–H and O–H groups in total. The molecule has 0 aliphatic rings. The lowest BCUT2D eigenvalue weighted by atomic mass is 10.1. The van der Waals surface area contributed by atoms with E-state index >= 15 is 0 Å². The summed E-state index contributed by atoms with van der Waals surface area (Å²) < 4.78 is 39.2. The Balaban J connectivity index is 1.70. The Labute approximate surface area is 194 Å². The fourth-order valence-electron chi connectivity index (χ4n) is 3.22. The van der Waals surface area contributed by atoms with Crippen LogP contribution >= 0.6 is 0 Å². The summed E-state index contributed by atoms with van der Waals surface area (Å²) in [4.78, 5) is 12.9. The molecule has 0 spiro atoms. The lowest BCUT2D eigenvalue weighted by molar-refractivity contribution is 0.0998. The molecule has 0 saturated carbocycles. The largest absolute Gasteiger partial charge is 0.490 e. The monoisotopic (exact) mass is 468 g/mol. The lowest BCUT2D eigenvalue weighted by Gasteiger charge is -2.14. The predicted octanol–water partition coefficient (Wildman–Crippen LogP) is 4.77. The standard InChI is InChI=1S/C25H28N2O5S/c1-4-31-16-17-32-23-11-6-5-10-22(23)25(28)26-20-12-14-21(15-13-20)33(29,30)27-24-18(2)8-7-9-19(24)3/h5-15,27H,4,16-17H2,1-3H3,(H,26,28). The van der Waals surface area contributed by atoms with Gasteiger partial charge in [-0.05, 0) is 68.3 Å². The second-order valence-electron chi connectivity index (χ2n) is 7.39. The van der Waals surface area contributed by atoms with E-state index in [1.54, 1.807) is 36.4 Å². The molecular formula is C25H28N2O5S. The summed E-state index contributed by atoms with van der Waals surface area (Å²) >= 11 is 0. The fourth-order valence-corrected chi connectivity index (χ4v) is 4.42. The van der Waals surface area contributed by atoms with Crippen LogP contribution in [0.15, 0.2) is 71.6 Å². The van der Waals surface area contributed by atoms with Crippen LogP contribution in [0.4, 0.5) is 11.4 Å². The number of amides is 1. The van der Waals surface area contributed by atoms with E-state index in [-0.39, 0.29) is 10.8 Å². The zero-order chi connectivity index (χ0) is 23.8. The van der Waals surface area contributed by atoms with Gasteiger partial charge in [0.15, 0.2) is 0 Å². The first-order valence-electron chi connectivity index (χ1n) is 10.6. The van der Waals surface area contributed by atoms with Crippen LogP contribution < -0.4 is 14.8 Å². The second kappa shape index (κ2) is 11.0. The number of benzene rings is 3. The van der Waals surface area contributed by atoms with E-state index in [1.807, 2.05) is 39.0 Å². The maximum atomic E-state index is 12.8. The van der Waals surface area contributed by atoms with Gasteiger partial charge in [-0.3, -0.25) is 9.52 Å². The van der Waals surface area contributed by atoms with Crippen molar-refractivity contribution < 1.29 is 22.7 Å². The van der Waals surface area contributed by atoms with Gasteiger partial charge in [0, 0.05) is 12.3 Å². The Kier molecular flexibility index (Phi) is 8.08. The number of hydrogen-bond donors (Lipinski definition) is 2. The molecule has 33 heavy (non-hydrogen) atoms. The van der Waals surface area contributed by atoms with E-state index in [9.17, 15) is 13.2 Å². The van der Waals surface area contributed by atoms with Gasteiger partial charge in [-0.1, -0.05) is 30.3 Å². The number of anilines is 2. The predicted molar refractivity (Wildman–Crippen MR) is 130 cm³/mol. The average Bonchev–Trinajstić information content (AvgIpc) is 2.80. The van der Waals surface area contributed by atoms with Crippen molar-refractivity contribution >= 4 is 27.3 Å². The van der Waals surface area contributed by atoms with Crippen molar-refractivity contribution in [2.75, 3.05) is 29.9 Å². The summed E-state index contributed by atoms with van der Waals surface area (Å²) in [6, 6.07) is 18.5. The molecule has 0 heterocycles. The molecule has 0 bridgehead atoms. The molecule has 8 heteroatoms. The fraction of sp³-hybridized carbons (Fsp3) is 0.240. The highest BCUT2D eigenvalue weighted by molar-refractivity contribution is 7.92. The van der Waals surface area contributed by atoms with Crippen molar-refractivity contribution in [1.82, 2.24) is 0 Å². The van der Waals surface area contributed by atoms with E-state index < -0.39 is 10.0 Å². The molecular weight excluding hydrogens is 440 g/mol. The molecule has 0 aromatic heterocycles. The minimum absolute atomic E-state index is 0.0998. The molecule has 1 amide bonds. The summed E-state index contributed by atoms with van der Waals surface area (Å²) in [6.07, 6.45) is 0. The summed E-state index contributed by atoms with van der Waals surface area (Å²) in [5, 5.41) is 2.78. The van der Waals surface area contributed by atoms with Crippen molar-refractivity contribution in [1.29, 1.82) is 0 Å². The van der Waals surface area contributed by atoms with Gasteiger partial charge in [0.05, 0.1) is 22.8 Å². The summed E-state index contributed by atoms with van der Waals surface area (Å²) in [7, 11) is -3.77. The minimum atomic E-state index is -3.77. The number of carbonyl (C=O) groups is 1. The molecule has 174 valence electrons. The van der Waals surface area contributed by atoms with Gasteiger partial charge in [0.25, 0.3) is 15.9 Å². The molecule has 7 nitrogen and oxygen atoms in total. The van der Waals surface area contributed by atoms with E-state index in [0.29, 0.717) is 42.5 Å². The quantitative estimate of drug-likeness (QED) is 0.418. The normalized spacial score (nSPS) is 11.1. The second-order valence-corrected chi connectivity index (χ2v) is 9.07. The number of carbonyl (C=O) groups excluding carboxylic acids is 1. The van der Waals surface area contributed by atoms with Gasteiger partial charge in [0.1, 0.15) is 12.4 Å². The van der Waals surface area contributed by atoms with E-state index in [4.69, 9.17) is 9.47 Å². The maximum absolute atomic E-state index is 12.8. The van der Waals surface area contributed by atoms with Gasteiger partial charge in [-0.15, -0.1) is 0 Å². The summed E-state index contributed by atoms with van der Waals surface area (Å²) in [6.45, 7) is 6.95. The first kappa shape index (κ1) is 24.3. The van der Waals surface area contributed by atoms with Crippen LogP contribution in [0, 0.1) is 13.8 Å². The molecule has 3 aromatic carbocycles. The van der Waals surface area contributed by atoms with Crippen molar-refractivity contribution in [3.8, 4) is 5.75 Å². The number of nitrogens with one attached hydrogen (secondary N) is 2. The SMILES string of the molecule is CCOCCOc1ccccc1C(=O)Nc1ccc(S(=O)(=O)Nc2c(C)cccc2C)cc1. The number of rotatable bonds is 10. The molecule has 0 unspecified atom stereocenters. The molecule has 3 rings (SSSR count). The topological polar surface area (TPSA) is 93.7 Å². The van der Waals surface area contributed by atoms with Crippen LogP contribution in [-0.4, -0.2) is 34.1 Å². The highest BCUT2D eigenvalue weighted by Gasteiger charge is 2.17. The molecule has 0 radical (unpaired) electrons. The number of aryl methyl sites for hydroxylation is 2. The van der Waals surface area contributed by atoms with Crippen molar-refractivity contribution in [3.63, 3.8) is 0 Å². The van der Waals surface area contributed by atoms with Crippen molar-refractivity contribution in [2.24, 2.45) is 0 Å². The Morgan fingerprint density at radius 1 is 0.879 bits per heavy atom. The molecule has 0 fully saturated rings. The summed E-state index contributed by atoms with van der Waals surface area (Å²) in [5.74, 6) is 0.0954. The smallest absolute Gasteiger partial charge is 0.261 e. The number of hydrogen-bond acceptors (Lipinski definition) is 5. The van der Waals surface area contributed by atoms with E-state index in [1.165, 1.54) is 12.1 Å². The van der Waals surface area contributed by atoms with Gasteiger partial charge in [-0.2, -0.15) is 0 Å². The third-order valence-corrected chi connectivity index (χ3v) is 6.33. The molecule has 0 saturated heterocycles. The van der Waals surface area contributed by atoms with Gasteiger partial charge >= 0.3 is 0 Å². The third kappa shape index (κ3) is 6.34. The molecule has 0 atom stereocenters. The molecule has 3 aromatic rings. The van der Waals surface area contributed by atoms with Crippen LogP contribution in [0.2, 0.25) is 0 Å². The minimum Gasteiger partial charge on any atom is -0.490 e. The van der Waals surface area contributed by atoms with Gasteiger partial charge in [-0.25, -0.2) is 8.42 Å². The maximum Gasteiger partial charge on any atom is 0.261 e. The van der Waals surface area contributed by atoms with Crippen LogP contribution in [0.1, 0.15) is 28.4 Å². The number of sulfonamides is 1.